The Balaban J connectivity index is 2.08. The zero-order valence-corrected chi connectivity index (χ0v) is 21.7. The van der Waals surface area contributed by atoms with Gasteiger partial charge in [-0.2, -0.15) is 0 Å². The first-order chi connectivity index (χ1) is 14.6. The molecular formula is C26H46NO3P. The minimum Gasteiger partial charge on any atom is -0.380 e. The minimum atomic E-state index is -0.857. The number of unbranched alkanes of at least 4 members (excludes halogenated alkanes) is 2. The van der Waals surface area contributed by atoms with Gasteiger partial charge in [0.25, 0.3) is 0 Å². The second-order valence-corrected chi connectivity index (χ2v) is 12.2. The average molecular weight is 452 g/mol. The zero-order chi connectivity index (χ0) is 23.3. The summed E-state index contributed by atoms with van der Waals surface area (Å²) in [6.07, 6.45) is 8.00. The van der Waals surface area contributed by atoms with E-state index in [1.54, 1.807) is 0 Å². The summed E-state index contributed by atoms with van der Waals surface area (Å²) in [5.74, 6) is 0.0577. The molecule has 0 aliphatic carbocycles. The zero-order valence-electron chi connectivity index (χ0n) is 20.8. The molecule has 31 heavy (non-hydrogen) atoms. The van der Waals surface area contributed by atoms with Crippen LogP contribution in [0.4, 0.5) is 0 Å². The highest BCUT2D eigenvalue weighted by atomic mass is 31.1. The SMILES string of the molecule is CCC(C)(C)COCC(C)(C)C(=O)NCCCCCP(O)CCCc1ccc(C)cc1. The van der Waals surface area contributed by atoms with E-state index in [4.69, 9.17) is 4.74 Å². The molecule has 178 valence electrons. The lowest BCUT2D eigenvalue weighted by molar-refractivity contribution is -0.133. The Hall–Kier alpha value is -0.960. The molecule has 5 heteroatoms. The molecule has 0 saturated carbocycles. The van der Waals surface area contributed by atoms with Crippen LogP contribution in [0, 0.1) is 17.8 Å². The fourth-order valence-corrected chi connectivity index (χ4v) is 4.46. The van der Waals surface area contributed by atoms with Crippen molar-refractivity contribution in [2.24, 2.45) is 10.8 Å². The Bertz CT molecular complexity index is 628. The molecule has 0 bridgehead atoms. The third-order valence-corrected chi connectivity index (χ3v) is 7.57. The molecule has 1 unspecified atom stereocenters. The lowest BCUT2D eigenvalue weighted by Gasteiger charge is -2.27. The molecular weight excluding hydrogens is 405 g/mol. The van der Waals surface area contributed by atoms with Crippen molar-refractivity contribution < 1.29 is 14.4 Å². The molecule has 0 fully saturated rings. The molecule has 0 aliphatic heterocycles. The fourth-order valence-electron chi connectivity index (χ4n) is 3.12. The lowest BCUT2D eigenvalue weighted by atomic mass is 9.90. The molecule has 2 N–H and O–H groups in total. The largest absolute Gasteiger partial charge is 0.380 e. The van der Waals surface area contributed by atoms with E-state index in [-0.39, 0.29) is 11.3 Å². The van der Waals surface area contributed by atoms with Gasteiger partial charge in [-0.25, -0.2) is 0 Å². The molecule has 4 nitrogen and oxygen atoms in total. The molecule has 1 rings (SSSR count). The first kappa shape index (κ1) is 28.1. The minimum absolute atomic E-state index is 0.0577. The van der Waals surface area contributed by atoms with Gasteiger partial charge in [0.05, 0.1) is 18.6 Å². The molecule has 1 aromatic carbocycles. The Morgan fingerprint density at radius 1 is 1.00 bits per heavy atom. The van der Waals surface area contributed by atoms with E-state index in [0.717, 1.165) is 50.8 Å². The Labute approximate surface area is 192 Å². The van der Waals surface area contributed by atoms with Gasteiger partial charge in [0, 0.05) is 14.7 Å². The van der Waals surface area contributed by atoms with E-state index >= 15 is 0 Å². The Kier molecular flexibility index (Phi) is 12.9. The smallest absolute Gasteiger partial charge is 0.227 e. The van der Waals surface area contributed by atoms with Crippen molar-refractivity contribution in [3.63, 3.8) is 0 Å². The van der Waals surface area contributed by atoms with Crippen molar-refractivity contribution in [1.29, 1.82) is 0 Å². The number of ether oxygens (including phenoxy) is 1. The summed E-state index contributed by atoms with van der Waals surface area (Å²) >= 11 is 0. The van der Waals surface area contributed by atoms with Crippen LogP contribution in [-0.4, -0.2) is 42.9 Å². The van der Waals surface area contributed by atoms with Gasteiger partial charge < -0.3 is 14.9 Å². The number of nitrogens with one attached hydrogen (secondary N) is 1. The topological polar surface area (TPSA) is 58.6 Å². The summed E-state index contributed by atoms with van der Waals surface area (Å²) in [6, 6.07) is 8.67. The predicted molar refractivity (Wildman–Crippen MR) is 134 cm³/mol. The van der Waals surface area contributed by atoms with Gasteiger partial charge >= 0.3 is 0 Å². The molecule has 1 amide bonds. The van der Waals surface area contributed by atoms with Gasteiger partial charge in [0.1, 0.15) is 0 Å². The van der Waals surface area contributed by atoms with Crippen LogP contribution >= 0.6 is 8.15 Å². The number of benzene rings is 1. The fraction of sp³-hybridized carbons (Fsp3) is 0.731. The van der Waals surface area contributed by atoms with E-state index in [2.05, 4.69) is 57.3 Å². The van der Waals surface area contributed by atoms with Crippen molar-refractivity contribution in [2.75, 3.05) is 32.1 Å². The van der Waals surface area contributed by atoms with Crippen LogP contribution in [-0.2, 0) is 16.0 Å². The summed E-state index contributed by atoms with van der Waals surface area (Å²) in [7, 11) is -0.857. The molecule has 0 heterocycles. The maximum atomic E-state index is 12.5. The number of aryl methyl sites for hydroxylation is 2. The van der Waals surface area contributed by atoms with Crippen LogP contribution < -0.4 is 5.32 Å². The second-order valence-electron chi connectivity index (χ2n) is 10.3. The third-order valence-electron chi connectivity index (χ3n) is 5.91. The summed E-state index contributed by atoms with van der Waals surface area (Å²) < 4.78 is 5.83. The van der Waals surface area contributed by atoms with E-state index in [1.807, 2.05) is 13.8 Å². The number of hydrogen-bond donors (Lipinski definition) is 2. The van der Waals surface area contributed by atoms with Gasteiger partial charge in [-0.1, -0.05) is 57.0 Å². The number of hydrogen-bond acceptors (Lipinski definition) is 3. The molecule has 0 saturated heterocycles. The van der Waals surface area contributed by atoms with E-state index in [1.165, 1.54) is 11.1 Å². The van der Waals surface area contributed by atoms with Crippen molar-refractivity contribution in [1.82, 2.24) is 5.32 Å². The summed E-state index contributed by atoms with van der Waals surface area (Å²) in [5, 5.41) is 3.05. The molecule has 0 radical (unpaired) electrons. The normalized spacial score (nSPS) is 13.3. The van der Waals surface area contributed by atoms with Gasteiger partial charge in [0.2, 0.25) is 5.91 Å². The Morgan fingerprint density at radius 3 is 2.29 bits per heavy atom. The van der Waals surface area contributed by atoms with Crippen LogP contribution in [0.5, 0.6) is 0 Å². The predicted octanol–water partition coefficient (Wildman–Crippen LogP) is 6.08. The van der Waals surface area contributed by atoms with Gasteiger partial charge in [-0.05, 0) is 76.2 Å². The van der Waals surface area contributed by atoms with Crippen molar-refractivity contribution in [3.05, 3.63) is 35.4 Å². The van der Waals surface area contributed by atoms with Crippen molar-refractivity contribution >= 4 is 14.1 Å². The van der Waals surface area contributed by atoms with Crippen LogP contribution in [0.2, 0.25) is 0 Å². The quantitative estimate of drug-likeness (QED) is 0.236. The van der Waals surface area contributed by atoms with Gasteiger partial charge in [-0.3, -0.25) is 4.79 Å². The van der Waals surface area contributed by atoms with Crippen molar-refractivity contribution in [3.8, 4) is 0 Å². The number of carbonyl (C=O) groups excluding carboxylic acids is 1. The maximum absolute atomic E-state index is 12.5. The summed E-state index contributed by atoms with van der Waals surface area (Å²) in [5.41, 5.74) is 2.28. The standard InChI is InChI=1S/C26H46NO3P/c1-7-25(3,4)20-30-21-26(5,6)24(28)27-17-9-8-10-18-31(29)19-11-12-23-15-13-22(2)14-16-23/h13-16,29H,7-12,17-21H2,1-6H3,(H,27,28). The van der Waals surface area contributed by atoms with E-state index in [9.17, 15) is 9.69 Å². The van der Waals surface area contributed by atoms with E-state index in [0.29, 0.717) is 19.8 Å². The van der Waals surface area contributed by atoms with Gasteiger partial charge in [-0.15, -0.1) is 0 Å². The first-order valence-corrected chi connectivity index (χ1v) is 13.6. The van der Waals surface area contributed by atoms with Crippen LogP contribution in [0.1, 0.15) is 77.8 Å². The average Bonchev–Trinajstić information content (AvgIpc) is 2.71. The third kappa shape index (κ3) is 12.6. The highest BCUT2D eigenvalue weighted by Gasteiger charge is 2.28. The summed E-state index contributed by atoms with van der Waals surface area (Å²) in [4.78, 5) is 22.7. The number of amides is 1. The maximum Gasteiger partial charge on any atom is 0.227 e. The molecule has 1 atom stereocenters. The highest BCUT2D eigenvalue weighted by Crippen LogP contribution is 2.32. The number of carbonyl (C=O) groups is 1. The lowest BCUT2D eigenvalue weighted by Crippen LogP contribution is -2.41. The second kappa shape index (κ2) is 14.2. The van der Waals surface area contributed by atoms with Crippen LogP contribution in [0.25, 0.3) is 0 Å². The van der Waals surface area contributed by atoms with E-state index < -0.39 is 13.6 Å². The Morgan fingerprint density at radius 2 is 1.65 bits per heavy atom. The van der Waals surface area contributed by atoms with Gasteiger partial charge in [0.15, 0.2) is 0 Å². The molecule has 0 aromatic heterocycles. The number of rotatable bonds is 16. The van der Waals surface area contributed by atoms with Crippen LogP contribution in [0.3, 0.4) is 0 Å². The molecule has 0 aliphatic rings. The highest BCUT2D eigenvalue weighted by molar-refractivity contribution is 7.51. The monoisotopic (exact) mass is 451 g/mol. The molecule has 1 aromatic rings. The van der Waals surface area contributed by atoms with Crippen molar-refractivity contribution in [2.45, 2.75) is 80.1 Å². The summed E-state index contributed by atoms with van der Waals surface area (Å²) in [6.45, 7) is 14.3. The van der Waals surface area contributed by atoms with Crippen LogP contribution in [0.15, 0.2) is 24.3 Å². The first-order valence-electron chi connectivity index (χ1n) is 11.9. The molecule has 0 spiro atoms.